The second-order valence-corrected chi connectivity index (χ2v) is 7.43. The van der Waals surface area contributed by atoms with Crippen LogP contribution in [0.5, 0.6) is 5.75 Å². The van der Waals surface area contributed by atoms with Crippen LogP contribution in [0.15, 0.2) is 59.5 Å². The fourth-order valence-corrected chi connectivity index (χ4v) is 4.01. The van der Waals surface area contributed by atoms with Gasteiger partial charge in [-0.3, -0.25) is 4.90 Å². The molecule has 1 saturated heterocycles. The maximum Gasteiger partial charge on any atom is 0.200 e. The third kappa shape index (κ3) is 3.61. The Morgan fingerprint density at radius 3 is 2.73 bits per heavy atom. The van der Waals surface area contributed by atoms with Crippen LogP contribution in [0.4, 0.5) is 5.69 Å². The molecule has 30 heavy (non-hydrogen) atoms. The van der Waals surface area contributed by atoms with Gasteiger partial charge in [0.25, 0.3) is 0 Å². The Balaban J connectivity index is 1.44. The van der Waals surface area contributed by atoms with Gasteiger partial charge in [0.05, 0.1) is 30.8 Å². The summed E-state index contributed by atoms with van der Waals surface area (Å²) in [6.45, 7) is 2.88. The van der Waals surface area contributed by atoms with Crippen molar-refractivity contribution in [3.05, 3.63) is 60.8 Å². The summed E-state index contributed by atoms with van der Waals surface area (Å²) in [7, 11) is 1.66. The van der Waals surface area contributed by atoms with E-state index in [1.807, 2.05) is 42.5 Å². The summed E-state index contributed by atoms with van der Waals surface area (Å²) in [6, 6.07) is 14.0. The number of nitrogens with one attached hydrogen (secondary N) is 1. The third-order valence-corrected chi connectivity index (χ3v) is 5.59. The minimum Gasteiger partial charge on any atom is -0.497 e. The van der Waals surface area contributed by atoms with Crippen LogP contribution in [0.25, 0.3) is 16.9 Å². The molecule has 0 saturated carbocycles. The fraction of sp³-hybridized carbons (Fsp3) is 0.318. The molecule has 0 aliphatic carbocycles. The summed E-state index contributed by atoms with van der Waals surface area (Å²) >= 11 is 0. The van der Waals surface area contributed by atoms with E-state index in [0.29, 0.717) is 12.2 Å². The van der Waals surface area contributed by atoms with Gasteiger partial charge in [-0.25, -0.2) is 0 Å². The van der Waals surface area contributed by atoms with Crippen LogP contribution in [0.2, 0.25) is 0 Å². The molecule has 8 nitrogen and oxygen atoms in total. The van der Waals surface area contributed by atoms with E-state index >= 15 is 0 Å². The minimum absolute atomic E-state index is 0.170. The number of furan rings is 1. The van der Waals surface area contributed by atoms with Gasteiger partial charge in [-0.05, 0) is 68.4 Å². The van der Waals surface area contributed by atoms with Gasteiger partial charge in [-0.2, -0.15) is 9.61 Å². The molecule has 1 N–H and O–H groups in total. The molecule has 4 aromatic rings. The standard InChI is InChI=1S/C22H24N6O2/c1-29-17-8-6-16(7-9-17)18-13-19(22-25-24-15-28(22)26-18)23-14-20(21-5-4-12-30-21)27-10-2-3-11-27/h4-9,12-13,15,20,23H,2-3,10-11,14H2,1H3. The SMILES string of the molecule is COc1ccc(-c2cc(NCC(c3ccco3)N3CCCC3)c3nncn3n2)cc1. The first-order chi connectivity index (χ1) is 14.8. The van der Waals surface area contributed by atoms with Crippen LogP contribution in [0.3, 0.4) is 0 Å². The maximum absolute atomic E-state index is 5.74. The first-order valence-electron chi connectivity index (χ1n) is 10.2. The van der Waals surface area contributed by atoms with Crippen LogP contribution >= 0.6 is 0 Å². The van der Waals surface area contributed by atoms with E-state index in [9.17, 15) is 0 Å². The van der Waals surface area contributed by atoms with E-state index in [2.05, 4.69) is 25.5 Å². The molecule has 1 atom stereocenters. The number of benzene rings is 1. The summed E-state index contributed by atoms with van der Waals surface area (Å²) in [5, 5.41) is 16.5. The molecule has 4 heterocycles. The number of fused-ring (bicyclic) bond motifs is 1. The molecule has 154 valence electrons. The Morgan fingerprint density at radius 1 is 1.17 bits per heavy atom. The van der Waals surface area contributed by atoms with Crippen LogP contribution in [-0.2, 0) is 0 Å². The van der Waals surface area contributed by atoms with Gasteiger partial charge in [0.15, 0.2) is 0 Å². The molecule has 0 spiro atoms. The lowest BCUT2D eigenvalue weighted by Crippen LogP contribution is -2.30. The highest BCUT2D eigenvalue weighted by molar-refractivity contribution is 5.73. The van der Waals surface area contributed by atoms with E-state index in [1.54, 1.807) is 24.2 Å². The Bertz CT molecular complexity index is 1100. The Labute approximate surface area is 174 Å². The number of anilines is 1. The van der Waals surface area contributed by atoms with Crippen molar-refractivity contribution in [2.75, 3.05) is 32.1 Å². The number of likely N-dealkylation sites (tertiary alicyclic amines) is 1. The van der Waals surface area contributed by atoms with Crippen LogP contribution in [-0.4, -0.2) is 51.5 Å². The molecule has 1 aliphatic heterocycles. The number of methoxy groups -OCH3 is 1. The van der Waals surface area contributed by atoms with Gasteiger partial charge in [0.2, 0.25) is 5.65 Å². The van der Waals surface area contributed by atoms with Crippen molar-refractivity contribution >= 4 is 11.3 Å². The molecule has 0 bridgehead atoms. The quantitative estimate of drug-likeness (QED) is 0.504. The zero-order valence-corrected chi connectivity index (χ0v) is 16.9. The van der Waals surface area contributed by atoms with Crippen molar-refractivity contribution in [2.24, 2.45) is 0 Å². The summed E-state index contributed by atoms with van der Waals surface area (Å²) in [4.78, 5) is 2.47. The van der Waals surface area contributed by atoms with Crippen LogP contribution < -0.4 is 10.1 Å². The lowest BCUT2D eigenvalue weighted by molar-refractivity contribution is 0.225. The molecule has 5 rings (SSSR count). The molecule has 8 heteroatoms. The number of hydrogen-bond donors (Lipinski definition) is 1. The summed E-state index contributed by atoms with van der Waals surface area (Å²) in [6.07, 6.45) is 5.81. The van der Waals surface area contributed by atoms with Crippen molar-refractivity contribution in [1.29, 1.82) is 0 Å². The first kappa shape index (κ1) is 18.6. The summed E-state index contributed by atoms with van der Waals surface area (Å²) < 4.78 is 12.7. The lowest BCUT2D eigenvalue weighted by Gasteiger charge is -2.26. The monoisotopic (exact) mass is 404 g/mol. The minimum atomic E-state index is 0.170. The van der Waals surface area contributed by atoms with Gasteiger partial charge in [0, 0.05) is 12.1 Å². The van der Waals surface area contributed by atoms with E-state index in [0.717, 1.165) is 41.5 Å². The van der Waals surface area contributed by atoms with Crippen molar-refractivity contribution < 1.29 is 9.15 Å². The molecule has 1 aromatic carbocycles. The van der Waals surface area contributed by atoms with E-state index in [4.69, 9.17) is 9.15 Å². The highest BCUT2D eigenvalue weighted by atomic mass is 16.5. The molecular formula is C22H24N6O2. The summed E-state index contributed by atoms with van der Waals surface area (Å²) in [5.74, 6) is 1.79. The second-order valence-electron chi connectivity index (χ2n) is 7.43. The molecule has 0 amide bonds. The Kier molecular flexibility index (Phi) is 5.06. The maximum atomic E-state index is 5.74. The van der Waals surface area contributed by atoms with Gasteiger partial charge < -0.3 is 14.5 Å². The lowest BCUT2D eigenvalue weighted by atomic mass is 10.1. The number of nitrogens with zero attached hydrogens (tertiary/aromatic N) is 5. The zero-order chi connectivity index (χ0) is 20.3. The van der Waals surface area contributed by atoms with Crippen molar-refractivity contribution in [3.63, 3.8) is 0 Å². The average molecular weight is 404 g/mol. The molecule has 3 aromatic heterocycles. The van der Waals surface area contributed by atoms with E-state index in [1.165, 1.54) is 12.8 Å². The molecule has 1 fully saturated rings. The molecule has 1 aliphatic rings. The van der Waals surface area contributed by atoms with Gasteiger partial charge in [0.1, 0.15) is 17.8 Å². The van der Waals surface area contributed by atoms with E-state index in [-0.39, 0.29) is 6.04 Å². The van der Waals surface area contributed by atoms with Gasteiger partial charge in [-0.1, -0.05) is 0 Å². The number of hydrogen-bond acceptors (Lipinski definition) is 7. The predicted octanol–water partition coefficient (Wildman–Crippen LogP) is 3.64. The smallest absolute Gasteiger partial charge is 0.200 e. The molecule has 0 radical (unpaired) electrons. The van der Waals surface area contributed by atoms with Gasteiger partial charge in [-0.15, -0.1) is 10.2 Å². The highest BCUT2D eigenvalue weighted by Crippen LogP contribution is 2.28. The van der Waals surface area contributed by atoms with Crippen molar-refractivity contribution in [2.45, 2.75) is 18.9 Å². The van der Waals surface area contributed by atoms with Gasteiger partial charge >= 0.3 is 0 Å². The summed E-state index contributed by atoms with van der Waals surface area (Å²) in [5.41, 5.74) is 3.43. The Hall–Kier alpha value is -3.39. The number of ether oxygens (including phenoxy) is 1. The van der Waals surface area contributed by atoms with Crippen LogP contribution in [0.1, 0.15) is 24.6 Å². The Morgan fingerprint density at radius 2 is 2.00 bits per heavy atom. The normalized spacial score (nSPS) is 15.5. The van der Waals surface area contributed by atoms with Crippen molar-refractivity contribution in [3.8, 4) is 17.0 Å². The van der Waals surface area contributed by atoms with Crippen LogP contribution in [0, 0.1) is 0 Å². The topological polar surface area (TPSA) is 80.7 Å². The number of aromatic nitrogens is 4. The molecular weight excluding hydrogens is 380 g/mol. The first-order valence-corrected chi connectivity index (χ1v) is 10.2. The fourth-order valence-electron chi connectivity index (χ4n) is 4.01. The highest BCUT2D eigenvalue weighted by Gasteiger charge is 2.25. The average Bonchev–Trinajstić information content (AvgIpc) is 3.56. The predicted molar refractivity (Wildman–Crippen MR) is 114 cm³/mol. The largest absolute Gasteiger partial charge is 0.497 e. The number of rotatable bonds is 7. The third-order valence-electron chi connectivity index (χ3n) is 5.59. The van der Waals surface area contributed by atoms with Crippen molar-refractivity contribution in [1.82, 2.24) is 24.7 Å². The van der Waals surface area contributed by atoms with E-state index < -0.39 is 0 Å². The molecule has 1 unspecified atom stereocenters. The second kappa shape index (κ2) is 8.16. The zero-order valence-electron chi connectivity index (χ0n) is 16.9.